The summed E-state index contributed by atoms with van der Waals surface area (Å²) >= 11 is 5.92. The molecule has 2 aromatic carbocycles. The number of halogens is 1. The molecular weight excluding hydrogens is 334 g/mol. The largest absolute Gasteiger partial charge is 0.384 e. The zero-order chi connectivity index (χ0) is 17.6. The van der Waals surface area contributed by atoms with Crippen LogP contribution < -0.4 is 5.32 Å². The van der Waals surface area contributed by atoms with Gasteiger partial charge in [0.2, 0.25) is 0 Å². The number of nitriles is 1. The lowest BCUT2D eigenvalue weighted by Crippen LogP contribution is -2.39. The number of nitrogens with one attached hydrogen (secondary N) is 1. The molecule has 0 saturated carbocycles. The van der Waals surface area contributed by atoms with Gasteiger partial charge in [0, 0.05) is 30.2 Å². The number of anilines is 1. The molecular formula is C20H20ClN3O. The summed E-state index contributed by atoms with van der Waals surface area (Å²) in [7, 11) is 0. The van der Waals surface area contributed by atoms with Gasteiger partial charge in [0.1, 0.15) is 6.07 Å². The molecule has 0 unspecified atom stereocenters. The third-order valence-electron chi connectivity index (χ3n) is 4.61. The van der Waals surface area contributed by atoms with E-state index in [1.54, 1.807) is 12.1 Å². The van der Waals surface area contributed by atoms with Gasteiger partial charge in [0.05, 0.1) is 11.3 Å². The summed E-state index contributed by atoms with van der Waals surface area (Å²) in [6.45, 7) is 2.33. The maximum atomic E-state index is 12.5. The summed E-state index contributed by atoms with van der Waals surface area (Å²) in [5.41, 5.74) is 2.12. The van der Waals surface area contributed by atoms with E-state index in [9.17, 15) is 10.1 Å². The predicted octanol–water partition coefficient (Wildman–Crippen LogP) is 4.18. The van der Waals surface area contributed by atoms with Crippen LogP contribution in [0.1, 0.15) is 28.8 Å². The topological polar surface area (TPSA) is 56.1 Å². The van der Waals surface area contributed by atoms with E-state index in [1.165, 1.54) is 0 Å². The molecule has 128 valence electrons. The van der Waals surface area contributed by atoms with Crippen molar-refractivity contribution in [3.05, 3.63) is 64.7 Å². The molecule has 1 heterocycles. The highest BCUT2D eigenvalue weighted by Gasteiger charge is 2.23. The number of nitrogens with zero attached hydrogens (tertiary/aromatic N) is 2. The summed E-state index contributed by atoms with van der Waals surface area (Å²) in [6, 6.07) is 16.9. The number of amides is 1. The van der Waals surface area contributed by atoms with Crippen LogP contribution in [0, 0.1) is 17.2 Å². The standard InChI is InChI=1S/C20H20ClN3O/c21-18-6-7-19(17(12-18)13-22)23-14-15-8-10-24(11-9-15)20(25)16-4-2-1-3-5-16/h1-7,12,15,23H,8-11,14H2. The van der Waals surface area contributed by atoms with Crippen LogP contribution in [-0.4, -0.2) is 30.4 Å². The Morgan fingerprint density at radius 1 is 1.20 bits per heavy atom. The van der Waals surface area contributed by atoms with Crippen molar-refractivity contribution < 1.29 is 4.79 Å². The Morgan fingerprint density at radius 2 is 1.92 bits per heavy atom. The Balaban J connectivity index is 1.52. The van der Waals surface area contributed by atoms with Crippen LogP contribution in [0.5, 0.6) is 0 Å². The monoisotopic (exact) mass is 353 g/mol. The highest BCUT2D eigenvalue weighted by atomic mass is 35.5. The van der Waals surface area contributed by atoms with Crippen LogP contribution in [0.4, 0.5) is 5.69 Å². The van der Waals surface area contributed by atoms with Crippen molar-refractivity contribution in [1.82, 2.24) is 4.90 Å². The van der Waals surface area contributed by atoms with E-state index in [4.69, 9.17) is 11.6 Å². The van der Waals surface area contributed by atoms with Crippen LogP contribution in [0.25, 0.3) is 0 Å². The second-order valence-corrected chi connectivity index (χ2v) is 6.72. The molecule has 4 nitrogen and oxygen atoms in total. The molecule has 1 N–H and O–H groups in total. The van der Waals surface area contributed by atoms with Gasteiger partial charge in [-0.05, 0) is 49.1 Å². The molecule has 5 heteroatoms. The number of piperidine rings is 1. The number of carbonyl (C=O) groups is 1. The minimum Gasteiger partial charge on any atom is -0.384 e. The highest BCUT2D eigenvalue weighted by Crippen LogP contribution is 2.23. The van der Waals surface area contributed by atoms with E-state index in [2.05, 4.69) is 11.4 Å². The van der Waals surface area contributed by atoms with Crippen molar-refractivity contribution in [3.63, 3.8) is 0 Å². The lowest BCUT2D eigenvalue weighted by atomic mass is 9.96. The molecule has 0 bridgehead atoms. The van der Waals surface area contributed by atoms with E-state index in [0.717, 1.165) is 43.7 Å². The van der Waals surface area contributed by atoms with Gasteiger partial charge in [-0.25, -0.2) is 0 Å². The molecule has 0 aliphatic carbocycles. The second-order valence-electron chi connectivity index (χ2n) is 6.28. The first-order valence-electron chi connectivity index (χ1n) is 8.45. The average Bonchev–Trinajstić information content (AvgIpc) is 2.67. The van der Waals surface area contributed by atoms with E-state index in [-0.39, 0.29) is 5.91 Å². The number of carbonyl (C=O) groups excluding carboxylic acids is 1. The van der Waals surface area contributed by atoms with Crippen LogP contribution in [0.3, 0.4) is 0 Å². The summed E-state index contributed by atoms with van der Waals surface area (Å²) in [5.74, 6) is 0.596. The summed E-state index contributed by atoms with van der Waals surface area (Å²) in [5, 5.41) is 13.1. The Morgan fingerprint density at radius 3 is 2.60 bits per heavy atom. The number of rotatable bonds is 4. The van der Waals surface area contributed by atoms with E-state index in [0.29, 0.717) is 16.5 Å². The highest BCUT2D eigenvalue weighted by molar-refractivity contribution is 6.30. The quantitative estimate of drug-likeness (QED) is 0.897. The maximum Gasteiger partial charge on any atom is 0.253 e. The molecule has 0 aromatic heterocycles. The fourth-order valence-corrected chi connectivity index (χ4v) is 3.29. The van der Waals surface area contributed by atoms with Gasteiger partial charge in [0.25, 0.3) is 5.91 Å². The first-order chi connectivity index (χ1) is 12.2. The Labute approximate surface area is 153 Å². The van der Waals surface area contributed by atoms with Gasteiger partial charge in [-0.15, -0.1) is 0 Å². The SMILES string of the molecule is N#Cc1cc(Cl)ccc1NCC1CCN(C(=O)c2ccccc2)CC1. The van der Waals surface area contributed by atoms with Crippen molar-refractivity contribution in [3.8, 4) is 6.07 Å². The molecule has 1 fully saturated rings. The molecule has 1 amide bonds. The number of likely N-dealkylation sites (tertiary alicyclic amines) is 1. The summed E-state index contributed by atoms with van der Waals surface area (Å²) in [6.07, 6.45) is 1.92. The van der Waals surface area contributed by atoms with Gasteiger partial charge in [-0.3, -0.25) is 4.79 Å². The van der Waals surface area contributed by atoms with Gasteiger partial charge in [0.15, 0.2) is 0 Å². The number of benzene rings is 2. The zero-order valence-electron chi connectivity index (χ0n) is 13.9. The molecule has 0 atom stereocenters. The Hall–Kier alpha value is -2.51. The summed E-state index contributed by atoms with van der Waals surface area (Å²) in [4.78, 5) is 14.4. The minimum atomic E-state index is 0.108. The molecule has 0 radical (unpaired) electrons. The van der Waals surface area contributed by atoms with Gasteiger partial charge in [-0.2, -0.15) is 5.26 Å². The smallest absolute Gasteiger partial charge is 0.253 e. The Kier molecular flexibility index (Phi) is 5.57. The first kappa shape index (κ1) is 17.3. The first-order valence-corrected chi connectivity index (χ1v) is 8.83. The molecule has 2 aromatic rings. The second kappa shape index (κ2) is 8.04. The lowest BCUT2D eigenvalue weighted by molar-refractivity contribution is 0.0695. The molecule has 1 aliphatic heterocycles. The third-order valence-corrected chi connectivity index (χ3v) is 4.84. The molecule has 0 spiro atoms. The van der Waals surface area contributed by atoms with Crippen molar-refractivity contribution in [2.24, 2.45) is 5.92 Å². The van der Waals surface area contributed by atoms with Crippen LogP contribution >= 0.6 is 11.6 Å². The van der Waals surface area contributed by atoms with Crippen molar-refractivity contribution in [2.75, 3.05) is 25.0 Å². The van der Waals surface area contributed by atoms with E-state index < -0.39 is 0 Å². The predicted molar refractivity (Wildman–Crippen MR) is 99.7 cm³/mol. The van der Waals surface area contributed by atoms with Gasteiger partial charge >= 0.3 is 0 Å². The van der Waals surface area contributed by atoms with Crippen LogP contribution in [0.2, 0.25) is 5.02 Å². The fraction of sp³-hybridized carbons (Fsp3) is 0.300. The minimum absolute atomic E-state index is 0.108. The molecule has 1 aliphatic rings. The normalized spacial score (nSPS) is 14.8. The number of hydrogen-bond donors (Lipinski definition) is 1. The lowest BCUT2D eigenvalue weighted by Gasteiger charge is -2.32. The summed E-state index contributed by atoms with van der Waals surface area (Å²) < 4.78 is 0. The van der Waals surface area contributed by atoms with E-state index in [1.807, 2.05) is 41.3 Å². The van der Waals surface area contributed by atoms with Crippen molar-refractivity contribution >= 4 is 23.2 Å². The average molecular weight is 354 g/mol. The molecule has 3 rings (SSSR count). The van der Waals surface area contributed by atoms with Crippen LogP contribution in [0.15, 0.2) is 48.5 Å². The number of hydrogen-bond acceptors (Lipinski definition) is 3. The fourth-order valence-electron chi connectivity index (χ4n) is 3.12. The van der Waals surface area contributed by atoms with Crippen LogP contribution in [-0.2, 0) is 0 Å². The van der Waals surface area contributed by atoms with Crippen molar-refractivity contribution in [2.45, 2.75) is 12.8 Å². The zero-order valence-corrected chi connectivity index (χ0v) is 14.7. The van der Waals surface area contributed by atoms with E-state index >= 15 is 0 Å². The molecule has 25 heavy (non-hydrogen) atoms. The Bertz CT molecular complexity index is 777. The third kappa shape index (κ3) is 4.32. The van der Waals surface area contributed by atoms with Gasteiger partial charge in [-0.1, -0.05) is 29.8 Å². The van der Waals surface area contributed by atoms with Gasteiger partial charge < -0.3 is 10.2 Å². The van der Waals surface area contributed by atoms with Crippen molar-refractivity contribution in [1.29, 1.82) is 5.26 Å². The molecule has 1 saturated heterocycles. The maximum absolute atomic E-state index is 12.5.